The van der Waals surface area contributed by atoms with E-state index in [0.29, 0.717) is 19.3 Å². The highest BCUT2D eigenvalue weighted by Crippen LogP contribution is 2.16. The Labute approximate surface area is 433 Å². The number of esters is 3. The van der Waals surface area contributed by atoms with Crippen LogP contribution < -0.4 is 0 Å². The molecule has 0 heterocycles. The summed E-state index contributed by atoms with van der Waals surface area (Å²) in [6.45, 7) is 6.47. The first-order valence-corrected chi connectivity index (χ1v) is 29.6. The standard InChI is InChI=1S/C64H110O6/c1-4-7-10-13-16-19-22-25-27-29-31-33-34-36-39-42-45-48-51-54-57-63(66)69-60-61(59-68-62(65)56-53-50-47-44-41-38-24-21-18-15-12-9-6-3)70-64(67)58-55-52-49-46-43-40-37-35-32-30-28-26-23-20-17-14-11-8-5-2/h8,11,17,20-21,24,26,28,32,35,40,43,49,52,61H,4-7,9-10,12-16,18-19,22-23,25,27,29-31,33-34,36-39,41-42,44-48,50-51,53-60H2,1-3H3/b11-8-,20-17-,24-21-,28-26-,35-32-,43-40-,52-49-. The molecule has 6 nitrogen and oxygen atoms in total. The van der Waals surface area contributed by atoms with Crippen molar-refractivity contribution in [2.45, 2.75) is 290 Å². The normalized spacial score (nSPS) is 12.7. The molecule has 70 heavy (non-hydrogen) atoms. The minimum atomic E-state index is -0.819. The van der Waals surface area contributed by atoms with Crippen LogP contribution >= 0.6 is 0 Å². The average molecular weight is 976 g/mol. The van der Waals surface area contributed by atoms with Gasteiger partial charge in [-0.05, 0) is 83.5 Å². The van der Waals surface area contributed by atoms with Crippen molar-refractivity contribution in [3.63, 3.8) is 0 Å². The molecule has 0 amide bonds. The first-order valence-electron chi connectivity index (χ1n) is 29.6. The minimum Gasteiger partial charge on any atom is -0.462 e. The Hall–Kier alpha value is -3.41. The molecule has 0 saturated heterocycles. The Balaban J connectivity index is 4.45. The predicted molar refractivity (Wildman–Crippen MR) is 302 cm³/mol. The van der Waals surface area contributed by atoms with Crippen LogP contribution in [0, 0.1) is 0 Å². The van der Waals surface area contributed by atoms with Crippen molar-refractivity contribution in [2.75, 3.05) is 13.2 Å². The fraction of sp³-hybridized carbons (Fsp3) is 0.734. The van der Waals surface area contributed by atoms with E-state index in [0.717, 1.165) is 89.9 Å². The van der Waals surface area contributed by atoms with Crippen molar-refractivity contribution in [3.8, 4) is 0 Å². The van der Waals surface area contributed by atoms with Gasteiger partial charge in [0.25, 0.3) is 0 Å². The quantitative estimate of drug-likeness (QED) is 0.0261. The third kappa shape index (κ3) is 55.5. The Bertz CT molecular complexity index is 1350. The molecular formula is C64H110O6. The molecule has 0 aromatic carbocycles. The van der Waals surface area contributed by atoms with Crippen LogP contribution in [0.2, 0.25) is 0 Å². The zero-order valence-electron chi connectivity index (χ0n) is 46.0. The topological polar surface area (TPSA) is 78.9 Å². The van der Waals surface area contributed by atoms with Gasteiger partial charge < -0.3 is 14.2 Å². The molecular weight excluding hydrogens is 865 g/mol. The van der Waals surface area contributed by atoms with Crippen LogP contribution in [0.5, 0.6) is 0 Å². The molecule has 0 aromatic rings. The summed E-state index contributed by atoms with van der Waals surface area (Å²) in [6, 6.07) is 0. The second-order valence-electron chi connectivity index (χ2n) is 19.5. The summed E-state index contributed by atoms with van der Waals surface area (Å²) < 4.78 is 16.8. The molecule has 0 aliphatic rings. The van der Waals surface area contributed by atoms with Crippen LogP contribution in [-0.2, 0) is 28.6 Å². The van der Waals surface area contributed by atoms with E-state index in [2.05, 4.69) is 99.8 Å². The van der Waals surface area contributed by atoms with Crippen molar-refractivity contribution >= 4 is 17.9 Å². The molecule has 0 rings (SSSR count). The van der Waals surface area contributed by atoms with Crippen LogP contribution in [0.1, 0.15) is 284 Å². The number of unbranched alkanes of at least 4 members (excludes halogenated alkanes) is 28. The maximum absolute atomic E-state index is 12.8. The maximum atomic E-state index is 12.8. The van der Waals surface area contributed by atoms with Gasteiger partial charge in [-0.15, -0.1) is 0 Å². The highest BCUT2D eigenvalue weighted by molar-refractivity contribution is 5.71. The summed E-state index contributed by atoms with van der Waals surface area (Å²) in [6.07, 6.45) is 75.9. The summed E-state index contributed by atoms with van der Waals surface area (Å²) in [4.78, 5) is 38.1. The molecule has 0 N–H and O–H groups in total. The molecule has 0 aliphatic carbocycles. The second kappa shape index (κ2) is 58.2. The van der Waals surface area contributed by atoms with Gasteiger partial charge in [0.05, 0.1) is 0 Å². The molecule has 0 saturated carbocycles. The zero-order chi connectivity index (χ0) is 50.7. The number of carbonyl (C=O) groups excluding carboxylic acids is 3. The number of hydrogen-bond donors (Lipinski definition) is 0. The molecule has 402 valence electrons. The van der Waals surface area contributed by atoms with E-state index in [1.54, 1.807) is 0 Å². The van der Waals surface area contributed by atoms with Crippen LogP contribution in [-0.4, -0.2) is 37.2 Å². The summed E-state index contributed by atoms with van der Waals surface area (Å²) in [5.41, 5.74) is 0. The number of rotatable bonds is 53. The third-order valence-corrected chi connectivity index (χ3v) is 12.6. The number of allylic oxidation sites excluding steroid dienone is 14. The van der Waals surface area contributed by atoms with Gasteiger partial charge in [-0.1, -0.05) is 266 Å². The van der Waals surface area contributed by atoms with Crippen molar-refractivity contribution < 1.29 is 28.6 Å². The van der Waals surface area contributed by atoms with Crippen LogP contribution in [0.4, 0.5) is 0 Å². The molecule has 0 spiro atoms. The highest BCUT2D eigenvalue weighted by atomic mass is 16.6. The van der Waals surface area contributed by atoms with Gasteiger partial charge in [0, 0.05) is 19.3 Å². The van der Waals surface area contributed by atoms with Crippen molar-refractivity contribution in [2.24, 2.45) is 0 Å². The number of ether oxygens (including phenoxy) is 3. The Kier molecular flexibility index (Phi) is 55.3. The van der Waals surface area contributed by atoms with Crippen LogP contribution in [0.25, 0.3) is 0 Å². The first kappa shape index (κ1) is 66.6. The van der Waals surface area contributed by atoms with Gasteiger partial charge in [0.1, 0.15) is 13.2 Å². The van der Waals surface area contributed by atoms with E-state index in [1.165, 1.54) is 148 Å². The molecule has 1 unspecified atom stereocenters. The molecule has 0 fully saturated rings. The predicted octanol–water partition coefficient (Wildman–Crippen LogP) is 19.9. The van der Waals surface area contributed by atoms with E-state index in [-0.39, 0.29) is 31.6 Å². The summed E-state index contributed by atoms with van der Waals surface area (Å²) in [5, 5.41) is 0. The lowest BCUT2D eigenvalue weighted by Gasteiger charge is -2.18. The van der Waals surface area contributed by atoms with Crippen LogP contribution in [0.15, 0.2) is 85.1 Å². The zero-order valence-corrected chi connectivity index (χ0v) is 46.0. The van der Waals surface area contributed by atoms with Gasteiger partial charge in [-0.3, -0.25) is 14.4 Å². The maximum Gasteiger partial charge on any atom is 0.306 e. The minimum absolute atomic E-state index is 0.107. The summed E-state index contributed by atoms with van der Waals surface area (Å²) >= 11 is 0. The highest BCUT2D eigenvalue weighted by Gasteiger charge is 2.19. The lowest BCUT2D eigenvalue weighted by atomic mass is 10.0. The molecule has 0 aliphatic heterocycles. The monoisotopic (exact) mass is 975 g/mol. The van der Waals surface area contributed by atoms with Gasteiger partial charge in [-0.25, -0.2) is 0 Å². The van der Waals surface area contributed by atoms with Crippen LogP contribution in [0.3, 0.4) is 0 Å². The fourth-order valence-corrected chi connectivity index (χ4v) is 8.23. The SMILES string of the molecule is CC/C=C\C/C=C\C/C=C\C/C=C\C/C=C\C/C=C\CCC(=O)OC(COC(=O)CCCCCCC/C=C\CCCCCC)COC(=O)CCCCCCCCCCCCCCCCCCCCCC. The number of carbonyl (C=O) groups is 3. The lowest BCUT2D eigenvalue weighted by molar-refractivity contribution is -0.166. The average Bonchev–Trinajstić information content (AvgIpc) is 3.36. The summed E-state index contributed by atoms with van der Waals surface area (Å²) in [5.74, 6) is -0.993. The van der Waals surface area contributed by atoms with Gasteiger partial charge in [-0.2, -0.15) is 0 Å². The molecule has 0 bridgehead atoms. The van der Waals surface area contributed by atoms with Gasteiger partial charge in [0.2, 0.25) is 0 Å². The molecule has 6 heteroatoms. The Morgan fingerprint density at radius 2 is 0.586 bits per heavy atom. The molecule has 0 aromatic heterocycles. The Morgan fingerprint density at radius 1 is 0.300 bits per heavy atom. The van der Waals surface area contributed by atoms with E-state index in [4.69, 9.17) is 14.2 Å². The van der Waals surface area contributed by atoms with Crippen molar-refractivity contribution in [3.05, 3.63) is 85.1 Å². The van der Waals surface area contributed by atoms with E-state index >= 15 is 0 Å². The smallest absolute Gasteiger partial charge is 0.306 e. The van der Waals surface area contributed by atoms with E-state index in [9.17, 15) is 14.4 Å². The number of hydrogen-bond acceptors (Lipinski definition) is 6. The first-order chi connectivity index (χ1) is 34.5. The Morgan fingerprint density at radius 3 is 0.943 bits per heavy atom. The summed E-state index contributed by atoms with van der Waals surface area (Å²) in [7, 11) is 0. The van der Waals surface area contributed by atoms with Crippen molar-refractivity contribution in [1.82, 2.24) is 0 Å². The lowest BCUT2D eigenvalue weighted by Crippen LogP contribution is -2.30. The third-order valence-electron chi connectivity index (χ3n) is 12.6. The van der Waals surface area contributed by atoms with E-state index < -0.39 is 12.1 Å². The molecule has 1 atom stereocenters. The van der Waals surface area contributed by atoms with E-state index in [1.807, 2.05) is 6.08 Å². The van der Waals surface area contributed by atoms with Crippen molar-refractivity contribution in [1.29, 1.82) is 0 Å². The largest absolute Gasteiger partial charge is 0.462 e. The van der Waals surface area contributed by atoms with Gasteiger partial charge >= 0.3 is 17.9 Å². The second-order valence-corrected chi connectivity index (χ2v) is 19.5. The fourth-order valence-electron chi connectivity index (χ4n) is 8.23. The van der Waals surface area contributed by atoms with Gasteiger partial charge in [0.15, 0.2) is 6.10 Å². The molecule has 0 radical (unpaired) electrons.